The second-order valence-corrected chi connectivity index (χ2v) is 8.85. The van der Waals surface area contributed by atoms with E-state index in [-0.39, 0.29) is 35.2 Å². The van der Waals surface area contributed by atoms with Gasteiger partial charge in [0.05, 0.1) is 23.6 Å². The van der Waals surface area contributed by atoms with Crippen LogP contribution >= 0.6 is 23.4 Å². The summed E-state index contributed by atoms with van der Waals surface area (Å²) in [5, 5.41) is 18.6. The molecular formula is C23H19ClF3N3O5S. The first-order valence-electron chi connectivity index (χ1n) is 10.3. The lowest BCUT2D eigenvalue weighted by atomic mass is 10.1. The molecule has 0 bridgehead atoms. The van der Waals surface area contributed by atoms with Gasteiger partial charge in [0.1, 0.15) is 6.61 Å². The Labute approximate surface area is 212 Å². The number of carbonyl (C=O) groups is 3. The molecule has 1 fully saturated rings. The number of rotatable bonds is 10. The molecular weight excluding hydrogens is 523 g/mol. The van der Waals surface area contributed by atoms with Gasteiger partial charge in [-0.1, -0.05) is 23.7 Å². The van der Waals surface area contributed by atoms with E-state index >= 15 is 0 Å². The van der Waals surface area contributed by atoms with Crippen molar-refractivity contribution in [3.8, 4) is 0 Å². The highest BCUT2D eigenvalue weighted by Gasteiger charge is 2.35. The van der Waals surface area contributed by atoms with Crippen molar-refractivity contribution in [2.24, 2.45) is 0 Å². The van der Waals surface area contributed by atoms with Gasteiger partial charge < -0.3 is 20.6 Å². The van der Waals surface area contributed by atoms with Gasteiger partial charge in [-0.2, -0.15) is 13.2 Å². The van der Waals surface area contributed by atoms with E-state index in [0.29, 0.717) is 28.6 Å². The third kappa shape index (κ3) is 6.86. The number of carbonyl (C=O) groups excluding carboxylic acids is 2. The Morgan fingerprint density at radius 1 is 1.22 bits per heavy atom. The first kappa shape index (κ1) is 27.2. The fourth-order valence-corrected chi connectivity index (χ4v) is 4.31. The molecule has 1 heterocycles. The maximum Gasteiger partial charge on any atom is 0.416 e. The number of ether oxygens (including phenoxy) is 1. The highest BCUT2D eigenvalue weighted by molar-refractivity contribution is 8.18. The SMILES string of the molecule is N=Cc1cc(C=C2SC(=O)N(CCOCC(=O)O)C2=O)ccc1NCc1ccc(Cl)cc1C(F)(F)F. The molecule has 0 saturated carbocycles. The summed E-state index contributed by atoms with van der Waals surface area (Å²) in [5.74, 6) is -1.73. The fourth-order valence-electron chi connectivity index (χ4n) is 3.27. The van der Waals surface area contributed by atoms with Gasteiger partial charge in [0.15, 0.2) is 0 Å². The Hall–Kier alpha value is -3.35. The molecule has 2 aromatic rings. The smallest absolute Gasteiger partial charge is 0.416 e. The minimum Gasteiger partial charge on any atom is -0.480 e. The molecule has 2 amide bonds. The van der Waals surface area contributed by atoms with E-state index in [1.54, 1.807) is 18.2 Å². The minimum atomic E-state index is -4.58. The quantitative estimate of drug-likeness (QED) is 0.217. The summed E-state index contributed by atoms with van der Waals surface area (Å²) in [6.45, 7) is -0.947. The van der Waals surface area contributed by atoms with Crippen molar-refractivity contribution < 1.29 is 37.4 Å². The van der Waals surface area contributed by atoms with Crippen LogP contribution in [0.5, 0.6) is 0 Å². The average Bonchev–Trinajstić information content (AvgIpc) is 3.07. The largest absolute Gasteiger partial charge is 0.480 e. The predicted octanol–water partition coefficient (Wildman–Crippen LogP) is 5.11. The van der Waals surface area contributed by atoms with E-state index in [1.165, 1.54) is 18.2 Å². The third-order valence-corrected chi connectivity index (χ3v) is 6.08. The number of nitrogens with zero attached hydrogens (tertiary/aromatic N) is 1. The van der Waals surface area contributed by atoms with Crippen molar-refractivity contribution in [2.75, 3.05) is 25.1 Å². The molecule has 36 heavy (non-hydrogen) atoms. The maximum atomic E-state index is 13.3. The van der Waals surface area contributed by atoms with Crippen molar-refractivity contribution in [1.82, 2.24) is 4.90 Å². The third-order valence-electron chi connectivity index (χ3n) is 4.93. The molecule has 0 radical (unpaired) electrons. The van der Waals surface area contributed by atoms with Crippen molar-refractivity contribution in [2.45, 2.75) is 12.7 Å². The highest BCUT2D eigenvalue weighted by atomic mass is 35.5. The lowest BCUT2D eigenvalue weighted by Gasteiger charge is -2.15. The number of hydrogen-bond donors (Lipinski definition) is 3. The number of imide groups is 1. The number of anilines is 1. The van der Waals surface area contributed by atoms with Gasteiger partial charge in [-0.15, -0.1) is 0 Å². The van der Waals surface area contributed by atoms with E-state index in [9.17, 15) is 27.6 Å². The Bertz CT molecular complexity index is 1240. The number of hydrogen-bond acceptors (Lipinski definition) is 7. The molecule has 0 aromatic heterocycles. The van der Waals surface area contributed by atoms with E-state index in [0.717, 1.165) is 17.2 Å². The van der Waals surface area contributed by atoms with Crippen LogP contribution in [0.2, 0.25) is 5.02 Å². The molecule has 1 aliphatic heterocycles. The average molecular weight is 542 g/mol. The fraction of sp³-hybridized carbons (Fsp3) is 0.217. The molecule has 13 heteroatoms. The normalized spacial score (nSPS) is 15.0. The molecule has 3 N–H and O–H groups in total. The van der Waals surface area contributed by atoms with Crippen LogP contribution in [0.25, 0.3) is 6.08 Å². The second-order valence-electron chi connectivity index (χ2n) is 7.42. The van der Waals surface area contributed by atoms with Crippen LogP contribution in [-0.2, 0) is 27.0 Å². The summed E-state index contributed by atoms with van der Waals surface area (Å²) in [7, 11) is 0. The molecule has 0 spiro atoms. The highest BCUT2D eigenvalue weighted by Crippen LogP contribution is 2.35. The van der Waals surface area contributed by atoms with Crippen LogP contribution in [0.1, 0.15) is 22.3 Å². The number of carboxylic acids is 1. The first-order chi connectivity index (χ1) is 17.0. The Balaban J connectivity index is 1.72. The number of carboxylic acid groups (broad SMARTS) is 1. The monoisotopic (exact) mass is 541 g/mol. The van der Waals surface area contributed by atoms with Crippen molar-refractivity contribution >= 4 is 58.5 Å². The van der Waals surface area contributed by atoms with Crippen LogP contribution < -0.4 is 5.32 Å². The molecule has 1 aliphatic rings. The summed E-state index contributed by atoms with van der Waals surface area (Å²) in [6, 6.07) is 8.18. The van der Waals surface area contributed by atoms with E-state index < -0.39 is 35.5 Å². The van der Waals surface area contributed by atoms with E-state index in [4.69, 9.17) is 26.9 Å². The molecule has 1 saturated heterocycles. The van der Waals surface area contributed by atoms with Gasteiger partial charge in [0, 0.05) is 29.0 Å². The zero-order valence-corrected chi connectivity index (χ0v) is 20.0. The number of alkyl halides is 3. The first-order valence-corrected chi connectivity index (χ1v) is 11.5. The van der Waals surface area contributed by atoms with Crippen LogP contribution in [0.3, 0.4) is 0 Å². The van der Waals surface area contributed by atoms with Gasteiger partial charge in [-0.25, -0.2) is 4.79 Å². The van der Waals surface area contributed by atoms with Gasteiger partial charge in [0.25, 0.3) is 11.1 Å². The second kappa shape index (κ2) is 11.6. The Kier molecular flexibility index (Phi) is 8.77. The minimum absolute atomic E-state index is 0.0204. The molecule has 8 nitrogen and oxygen atoms in total. The molecule has 3 rings (SSSR count). The zero-order valence-electron chi connectivity index (χ0n) is 18.4. The van der Waals surface area contributed by atoms with Crippen LogP contribution in [-0.4, -0.2) is 53.1 Å². The number of halogens is 4. The van der Waals surface area contributed by atoms with Crippen LogP contribution in [0.15, 0.2) is 41.3 Å². The summed E-state index contributed by atoms with van der Waals surface area (Å²) < 4.78 is 44.9. The summed E-state index contributed by atoms with van der Waals surface area (Å²) in [6.07, 6.45) is -2.11. The van der Waals surface area contributed by atoms with Crippen LogP contribution in [0, 0.1) is 5.41 Å². The zero-order chi connectivity index (χ0) is 26.5. The van der Waals surface area contributed by atoms with Crippen molar-refractivity contribution in [3.05, 3.63) is 68.6 Å². The molecule has 0 aliphatic carbocycles. The van der Waals surface area contributed by atoms with Crippen LogP contribution in [0.4, 0.5) is 23.7 Å². The Morgan fingerprint density at radius 3 is 2.64 bits per heavy atom. The lowest BCUT2D eigenvalue weighted by molar-refractivity contribution is -0.142. The summed E-state index contributed by atoms with van der Waals surface area (Å²) in [4.78, 5) is 36.3. The van der Waals surface area contributed by atoms with E-state index in [2.05, 4.69) is 5.32 Å². The van der Waals surface area contributed by atoms with Gasteiger partial charge in [0.2, 0.25) is 0 Å². The molecule has 190 valence electrons. The summed E-state index contributed by atoms with van der Waals surface area (Å²) in [5.41, 5.74) is 0.364. The number of benzene rings is 2. The number of amides is 2. The van der Waals surface area contributed by atoms with Crippen molar-refractivity contribution in [3.63, 3.8) is 0 Å². The van der Waals surface area contributed by atoms with Crippen molar-refractivity contribution in [1.29, 1.82) is 5.41 Å². The predicted molar refractivity (Wildman–Crippen MR) is 129 cm³/mol. The number of thioether (sulfide) groups is 1. The number of aliphatic carboxylic acids is 1. The maximum absolute atomic E-state index is 13.3. The summed E-state index contributed by atoms with van der Waals surface area (Å²) >= 11 is 6.42. The van der Waals surface area contributed by atoms with E-state index in [1.807, 2.05) is 0 Å². The standard InChI is InChI=1S/C23H19ClF3N3O5S/c24-16-3-2-14(17(9-16)23(25,26)27)11-29-18-4-1-13(7-15(18)10-28)8-19-21(33)30(22(34)36-19)5-6-35-12-20(31)32/h1-4,7-10,28-29H,5-6,11-12H2,(H,31,32). The lowest BCUT2D eigenvalue weighted by Crippen LogP contribution is -2.32. The van der Waals surface area contributed by atoms with Gasteiger partial charge in [-0.05, 0) is 53.2 Å². The molecule has 0 unspecified atom stereocenters. The van der Waals surface area contributed by atoms with Gasteiger partial charge >= 0.3 is 12.1 Å². The van der Waals surface area contributed by atoms with Gasteiger partial charge in [-0.3, -0.25) is 14.5 Å². The Morgan fingerprint density at radius 2 is 1.97 bits per heavy atom. The number of nitrogens with one attached hydrogen (secondary N) is 2. The molecule has 0 atom stereocenters. The molecule has 2 aromatic carbocycles. The topological polar surface area (TPSA) is 120 Å².